The number of rotatable bonds is 5. The molecule has 1 N–H and O–H groups in total. The van der Waals surface area contributed by atoms with Gasteiger partial charge in [-0.1, -0.05) is 61.5 Å². The minimum absolute atomic E-state index is 0.196. The van der Waals surface area contributed by atoms with Gasteiger partial charge in [-0.3, -0.25) is 4.90 Å². The number of furan rings is 1. The lowest BCUT2D eigenvalue weighted by Gasteiger charge is -2.38. The topological polar surface area (TPSA) is 62.9 Å². The van der Waals surface area contributed by atoms with Crippen molar-refractivity contribution in [1.29, 1.82) is 0 Å². The smallest absolute Gasteiger partial charge is 0.342 e. The Morgan fingerprint density at radius 3 is 2.41 bits per heavy atom. The zero-order valence-corrected chi connectivity index (χ0v) is 20.0. The standard InChI is InChI=1S/C29H31NO4/c1-4-33-29(32)23-19(3)34-28-22-13-9-8-12-21(22)27(31)25(24(23)28)26(20-10-6-5-7-11-20)30-16-14-18(2)15-17-30/h5-13,18,26,31H,4,14-17H2,1-3H3. The van der Waals surface area contributed by atoms with Gasteiger partial charge in [0.15, 0.2) is 0 Å². The fraction of sp³-hybridized carbons (Fsp3) is 0.345. The van der Waals surface area contributed by atoms with E-state index < -0.39 is 5.97 Å². The van der Waals surface area contributed by atoms with Gasteiger partial charge in [0.1, 0.15) is 22.7 Å². The van der Waals surface area contributed by atoms with E-state index in [2.05, 4.69) is 24.0 Å². The highest BCUT2D eigenvalue weighted by molar-refractivity contribution is 6.16. The molecule has 1 fully saturated rings. The SMILES string of the molecule is CCOC(=O)c1c(C)oc2c1c(C(c1ccccc1)N1CCC(C)CC1)c(O)c1ccccc12. The van der Waals surface area contributed by atoms with Gasteiger partial charge in [-0.25, -0.2) is 4.79 Å². The molecule has 5 heteroatoms. The zero-order valence-electron chi connectivity index (χ0n) is 20.0. The Morgan fingerprint density at radius 1 is 1.09 bits per heavy atom. The van der Waals surface area contributed by atoms with Crippen LogP contribution in [0.25, 0.3) is 21.7 Å². The lowest BCUT2D eigenvalue weighted by molar-refractivity contribution is 0.0526. The molecular formula is C29H31NO4. The lowest BCUT2D eigenvalue weighted by Crippen LogP contribution is -2.37. The number of ether oxygens (including phenoxy) is 1. The summed E-state index contributed by atoms with van der Waals surface area (Å²) in [6, 6.07) is 17.7. The number of piperidine rings is 1. The van der Waals surface area contributed by atoms with Crippen molar-refractivity contribution in [2.24, 2.45) is 5.92 Å². The molecule has 0 amide bonds. The van der Waals surface area contributed by atoms with Gasteiger partial charge >= 0.3 is 5.97 Å². The normalized spacial score (nSPS) is 16.2. The summed E-state index contributed by atoms with van der Waals surface area (Å²) in [4.78, 5) is 15.6. The van der Waals surface area contributed by atoms with Crippen molar-refractivity contribution in [3.8, 4) is 5.75 Å². The molecule has 3 aromatic carbocycles. The molecule has 0 spiro atoms. The first-order valence-electron chi connectivity index (χ1n) is 12.1. The first-order valence-corrected chi connectivity index (χ1v) is 12.1. The third-order valence-corrected chi connectivity index (χ3v) is 7.09. The van der Waals surface area contributed by atoms with Crippen LogP contribution in [0, 0.1) is 12.8 Å². The largest absolute Gasteiger partial charge is 0.507 e. The molecule has 5 rings (SSSR count). The molecule has 1 unspecified atom stereocenters. The zero-order chi connectivity index (χ0) is 23.8. The van der Waals surface area contributed by atoms with Crippen molar-refractivity contribution in [1.82, 2.24) is 4.90 Å². The second kappa shape index (κ2) is 9.15. The average molecular weight is 458 g/mol. The van der Waals surface area contributed by atoms with E-state index in [-0.39, 0.29) is 18.4 Å². The molecule has 2 heterocycles. The van der Waals surface area contributed by atoms with E-state index in [4.69, 9.17) is 9.15 Å². The number of hydrogen-bond donors (Lipinski definition) is 1. The van der Waals surface area contributed by atoms with Crippen molar-refractivity contribution in [3.63, 3.8) is 0 Å². The summed E-state index contributed by atoms with van der Waals surface area (Å²) >= 11 is 0. The van der Waals surface area contributed by atoms with Crippen LogP contribution in [-0.2, 0) is 4.74 Å². The van der Waals surface area contributed by atoms with E-state index in [1.807, 2.05) is 42.5 Å². The molecule has 4 aromatic rings. The van der Waals surface area contributed by atoms with Crippen LogP contribution in [0.2, 0.25) is 0 Å². The maximum absolute atomic E-state index is 13.1. The van der Waals surface area contributed by atoms with Gasteiger partial charge in [0.2, 0.25) is 0 Å². The van der Waals surface area contributed by atoms with Crippen LogP contribution in [0.5, 0.6) is 5.75 Å². The van der Waals surface area contributed by atoms with Crippen molar-refractivity contribution >= 4 is 27.7 Å². The number of benzene rings is 3. The molecule has 1 atom stereocenters. The van der Waals surface area contributed by atoms with Crippen LogP contribution < -0.4 is 0 Å². The number of aromatic hydroxyl groups is 1. The molecule has 0 aliphatic carbocycles. The number of esters is 1. The third kappa shape index (κ3) is 3.74. The van der Waals surface area contributed by atoms with E-state index in [1.165, 1.54) is 0 Å². The van der Waals surface area contributed by atoms with E-state index >= 15 is 0 Å². The van der Waals surface area contributed by atoms with Crippen LogP contribution in [0.4, 0.5) is 0 Å². The molecule has 0 saturated carbocycles. The number of carbonyl (C=O) groups is 1. The Bertz CT molecular complexity index is 1330. The highest BCUT2D eigenvalue weighted by atomic mass is 16.5. The fourth-order valence-corrected chi connectivity index (χ4v) is 5.34. The summed E-state index contributed by atoms with van der Waals surface area (Å²) < 4.78 is 11.7. The van der Waals surface area contributed by atoms with Crippen LogP contribution in [0.1, 0.15) is 60.0 Å². The third-order valence-electron chi connectivity index (χ3n) is 7.09. The maximum Gasteiger partial charge on any atom is 0.342 e. The van der Waals surface area contributed by atoms with E-state index in [1.54, 1.807) is 13.8 Å². The Balaban J connectivity index is 1.87. The number of fused-ring (bicyclic) bond motifs is 3. The van der Waals surface area contributed by atoms with Gasteiger partial charge in [-0.2, -0.15) is 0 Å². The Kier molecular flexibility index (Phi) is 6.05. The van der Waals surface area contributed by atoms with Gasteiger partial charge in [0.05, 0.1) is 12.6 Å². The first-order chi connectivity index (χ1) is 16.5. The number of carbonyl (C=O) groups excluding carboxylic acids is 1. The number of likely N-dealkylation sites (tertiary alicyclic amines) is 1. The fourth-order valence-electron chi connectivity index (χ4n) is 5.34. The molecule has 1 saturated heterocycles. The van der Waals surface area contributed by atoms with E-state index in [0.717, 1.165) is 42.3 Å². The second-order valence-electron chi connectivity index (χ2n) is 9.30. The van der Waals surface area contributed by atoms with Crippen LogP contribution in [0.3, 0.4) is 0 Å². The molecule has 0 radical (unpaired) electrons. The van der Waals surface area contributed by atoms with E-state index in [0.29, 0.717) is 33.8 Å². The molecule has 1 aromatic heterocycles. The van der Waals surface area contributed by atoms with Crippen LogP contribution in [0.15, 0.2) is 59.0 Å². The van der Waals surface area contributed by atoms with Crippen molar-refractivity contribution < 1.29 is 19.1 Å². The Morgan fingerprint density at radius 2 is 1.74 bits per heavy atom. The summed E-state index contributed by atoms with van der Waals surface area (Å²) in [7, 11) is 0. The second-order valence-corrected chi connectivity index (χ2v) is 9.30. The minimum Gasteiger partial charge on any atom is -0.507 e. The lowest BCUT2D eigenvalue weighted by atomic mass is 9.87. The minimum atomic E-state index is -0.422. The summed E-state index contributed by atoms with van der Waals surface area (Å²) in [5, 5.41) is 14.0. The summed E-state index contributed by atoms with van der Waals surface area (Å²) in [6.07, 6.45) is 2.19. The van der Waals surface area contributed by atoms with Crippen LogP contribution >= 0.6 is 0 Å². The molecule has 176 valence electrons. The molecule has 1 aliphatic heterocycles. The van der Waals surface area contributed by atoms with Crippen molar-refractivity contribution in [2.75, 3.05) is 19.7 Å². The van der Waals surface area contributed by atoms with Gasteiger partial charge in [0, 0.05) is 21.7 Å². The van der Waals surface area contributed by atoms with Gasteiger partial charge < -0.3 is 14.3 Å². The molecule has 1 aliphatic rings. The summed E-state index contributed by atoms with van der Waals surface area (Å²) in [6.45, 7) is 7.98. The number of aryl methyl sites for hydroxylation is 1. The van der Waals surface area contributed by atoms with Gasteiger partial charge in [-0.05, 0) is 51.3 Å². The predicted octanol–water partition coefficient (Wildman–Crippen LogP) is 6.60. The highest BCUT2D eigenvalue weighted by Crippen LogP contribution is 2.47. The average Bonchev–Trinajstić information content (AvgIpc) is 3.20. The van der Waals surface area contributed by atoms with Gasteiger partial charge in [-0.15, -0.1) is 0 Å². The Labute approximate surface area is 199 Å². The van der Waals surface area contributed by atoms with Crippen molar-refractivity contribution in [3.05, 3.63) is 77.0 Å². The number of nitrogens with zero attached hydrogens (tertiary/aromatic N) is 1. The number of hydrogen-bond acceptors (Lipinski definition) is 5. The molecule has 0 bridgehead atoms. The van der Waals surface area contributed by atoms with Crippen LogP contribution in [-0.4, -0.2) is 35.7 Å². The molecular weight excluding hydrogens is 426 g/mol. The highest BCUT2D eigenvalue weighted by Gasteiger charge is 2.34. The molecule has 5 nitrogen and oxygen atoms in total. The maximum atomic E-state index is 13.1. The molecule has 34 heavy (non-hydrogen) atoms. The van der Waals surface area contributed by atoms with Crippen molar-refractivity contribution in [2.45, 2.75) is 39.7 Å². The first kappa shape index (κ1) is 22.5. The number of phenols is 1. The predicted molar refractivity (Wildman–Crippen MR) is 134 cm³/mol. The summed E-state index contributed by atoms with van der Waals surface area (Å²) in [5.74, 6) is 0.948. The quantitative estimate of drug-likeness (QED) is 0.342. The Hall–Kier alpha value is -3.31. The van der Waals surface area contributed by atoms with Gasteiger partial charge in [0.25, 0.3) is 0 Å². The van der Waals surface area contributed by atoms with E-state index in [9.17, 15) is 9.90 Å². The monoisotopic (exact) mass is 457 g/mol. The summed E-state index contributed by atoms with van der Waals surface area (Å²) in [5.41, 5.74) is 2.82. The number of phenolic OH excluding ortho intramolecular Hbond substituents is 1.